The molecule has 0 fully saturated rings. The fraction of sp³-hybridized carbons (Fsp3) is 0.400. The number of hydrogen-bond acceptors (Lipinski definition) is 3. The monoisotopic (exact) mass is 251 g/mol. The predicted octanol–water partition coefficient (Wildman–Crippen LogP) is 2.76. The number of halogens is 3. The van der Waals surface area contributed by atoms with E-state index in [0.717, 1.165) is 12.1 Å². The summed E-state index contributed by atoms with van der Waals surface area (Å²) in [7, 11) is 0. The summed E-state index contributed by atoms with van der Waals surface area (Å²) < 4.78 is 36.9. The van der Waals surface area contributed by atoms with Crippen LogP contribution in [-0.4, -0.2) is 17.0 Å². The molecule has 0 saturated carbocycles. The van der Waals surface area contributed by atoms with Crippen LogP contribution in [0.15, 0.2) is 23.1 Å². The van der Waals surface area contributed by atoms with Crippen molar-refractivity contribution in [2.24, 2.45) is 0 Å². The van der Waals surface area contributed by atoms with Crippen LogP contribution >= 0.6 is 11.8 Å². The third-order valence-electron chi connectivity index (χ3n) is 1.82. The topological polar surface area (TPSA) is 46.2 Å². The van der Waals surface area contributed by atoms with Crippen LogP contribution in [0.1, 0.15) is 12.5 Å². The number of hydrogen-bond donors (Lipinski definition) is 2. The van der Waals surface area contributed by atoms with Crippen molar-refractivity contribution in [3.63, 3.8) is 0 Å². The number of anilines is 1. The molecule has 0 saturated heterocycles. The maximum Gasteiger partial charge on any atom is 0.416 e. The van der Waals surface area contributed by atoms with E-state index in [1.54, 1.807) is 6.92 Å². The maximum atomic E-state index is 12.3. The van der Waals surface area contributed by atoms with Gasteiger partial charge in [-0.05, 0) is 25.1 Å². The first-order chi connectivity index (χ1) is 7.30. The molecule has 1 atom stereocenters. The first-order valence-electron chi connectivity index (χ1n) is 4.58. The molecule has 0 heterocycles. The molecule has 0 aliphatic rings. The Bertz CT molecular complexity index is 366. The summed E-state index contributed by atoms with van der Waals surface area (Å²) >= 11 is 1.23. The van der Waals surface area contributed by atoms with E-state index in [9.17, 15) is 13.2 Å². The number of rotatable bonds is 3. The highest BCUT2D eigenvalue weighted by atomic mass is 32.2. The van der Waals surface area contributed by atoms with E-state index in [-0.39, 0.29) is 5.69 Å². The van der Waals surface area contributed by atoms with Gasteiger partial charge in [0.15, 0.2) is 0 Å². The summed E-state index contributed by atoms with van der Waals surface area (Å²) in [5, 5.41) is 9.05. The molecular weight excluding hydrogens is 239 g/mol. The highest BCUT2D eigenvalue weighted by Crippen LogP contribution is 2.34. The van der Waals surface area contributed by atoms with Crippen LogP contribution in [-0.2, 0) is 6.18 Å². The van der Waals surface area contributed by atoms with Crippen molar-refractivity contribution < 1.29 is 18.3 Å². The molecule has 1 unspecified atom stereocenters. The van der Waals surface area contributed by atoms with Crippen molar-refractivity contribution in [2.45, 2.75) is 24.1 Å². The third kappa shape index (κ3) is 3.61. The van der Waals surface area contributed by atoms with Crippen molar-refractivity contribution in [2.75, 3.05) is 11.5 Å². The third-order valence-corrected chi connectivity index (χ3v) is 3.15. The Kier molecular flexibility index (Phi) is 4.09. The summed E-state index contributed by atoms with van der Waals surface area (Å²) in [6.45, 7) is 1.60. The SMILES string of the molecule is CC(O)CSc1ccc(C(F)(F)F)cc1N. The van der Waals surface area contributed by atoms with Crippen LogP contribution in [0.3, 0.4) is 0 Å². The average molecular weight is 251 g/mol. The minimum absolute atomic E-state index is 0.0838. The number of nitrogens with two attached hydrogens (primary N) is 1. The van der Waals surface area contributed by atoms with Crippen molar-refractivity contribution in [3.8, 4) is 0 Å². The van der Waals surface area contributed by atoms with Crippen LogP contribution < -0.4 is 5.73 Å². The van der Waals surface area contributed by atoms with E-state index >= 15 is 0 Å². The van der Waals surface area contributed by atoms with Crippen molar-refractivity contribution in [1.82, 2.24) is 0 Å². The molecule has 90 valence electrons. The van der Waals surface area contributed by atoms with Crippen LogP contribution in [0, 0.1) is 0 Å². The first kappa shape index (κ1) is 13.2. The van der Waals surface area contributed by atoms with Crippen LogP contribution in [0.4, 0.5) is 18.9 Å². The van der Waals surface area contributed by atoms with E-state index in [2.05, 4.69) is 0 Å². The summed E-state index contributed by atoms with van der Waals surface area (Å²) in [5.74, 6) is 0.398. The average Bonchev–Trinajstić information content (AvgIpc) is 2.14. The zero-order valence-electron chi connectivity index (χ0n) is 8.58. The Morgan fingerprint density at radius 3 is 2.50 bits per heavy atom. The van der Waals surface area contributed by atoms with E-state index in [1.807, 2.05) is 0 Å². The summed E-state index contributed by atoms with van der Waals surface area (Å²) in [6.07, 6.45) is -4.90. The van der Waals surface area contributed by atoms with E-state index < -0.39 is 17.8 Å². The minimum atomic E-state index is -4.37. The smallest absolute Gasteiger partial charge is 0.398 e. The van der Waals surface area contributed by atoms with E-state index in [4.69, 9.17) is 10.8 Å². The minimum Gasteiger partial charge on any atom is -0.398 e. The lowest BCUT2D eigenvalue weighted by atomic mass is 10.2. The molecule has 0 amide bonds. The molecule has 0 spiro atoms. The largest absolute Gasteiger partial charge is 0.416 e. The molecule has 1 aromatic rings. The van der Waals surface area contributed by atoms with Gasteiger partial charge in [-0.25, -0.2) is 0 Å². The maximum absolute atomic E-state index is 12.3. The Labute approximate surface area is 95.6 Å². The second-order valence-corrected chi connectivity index (χ2v) is 4.47. The zero-order chi connectivity index (χ0) is 12.3. The summed E-state index contributed by atoms with van der Waals surface area (Å²) in [4.78, 5) is 0.550. The number of aliphatic hydroxyl groups excluding tert-OH is 1. The first-order valence-corrected chi connectivity index (χ1v) is 5.57. The fourth-order valence-corrected chi connectivity index (χ4v) is 1.88. The Morgan fingerprint density at radius 2 is 2.06 bits per heavy atom. The highest BCUT2D eigenvalue weighted by Gasteiger charge is 2.30. The van der Waals surface area contributed by atoms with Gasteiger partial charge in [0, 0.05) is 16.3 Å². The predicted molar refractivity (Wildman–Crippen MR) is 58.3 cm³/mol. The van der Waals surface area contributed by atoms with Gasteiger partial charge in [0.2, 0.25) is 0 Å². The zero-order valence-corrected chi connectivity index (χ0v) is 9.40. The molecule has 1 rings (SSSR count). The standard InChI is InChI=1S/C10H12F3NOS/c1-6(15)5-16-9-3-2-7(4-8(9)14)10(11,12)13/h2-4,6,15H,5,14H2,1H3. The van der Waals surface area contributed by atoms with Gasteiger partial charge < -0.3 is 10.8 Å². The molecule has 0 bridgehead atoms. The van der Waals surface area contributed by atoms with Crippen LogP contribution in [0.25, 0.3) is 0 Å². The lowest BCUT2D eigenvalue weighted by Gasteiger charge is -2.11. The number of alkyl halides is 3. The Hall–Kier alpha value is -0.880. The number of aliphatic hydroxyl groups is 1. The van der Waals surface area contributed by atoms with Crippen LogP contribution in [0.5, 0.6) is 0 Å². The second-order valence-electron chi connectivity index (χ2n) is 3.41. The molecule has 6 heteroatoms. The Morgan fingerprint density at radius 1 is 1.44 bits per heavy atom. The molecule has 1 aromatic carbocycles. The van der Waals surface area contributed by atoms with Gasteiger partial charge in [-0.1, -0.05) is 0 Å². The summed E-state index contributed by atoms with van der Waals surface area (Å²) in [6, 6.07) is 3.22. The molecule has 0 aliphatic carbocycles. The molecule has 16 heavy (non-hydrogen) atoms. The molecule has 0 aromatic heterocycles. The molecular formula is C10H12F3NOS. The molecule has 0 radical (unpaired) electrons. The van der Waals surface area contributed by atoms with Gasteiger partial charge in [-0.2, -0.15) is 13.2 Å². The van der Waals surface area contributed by atoms with E-state index in [1.165, 1.54) is 17.8 Å². The second kappa shape index (κ2) is 4.97. The Balaban J connectivity index is 2.84. The quantitative estimate of drug-likeness (QED) is 0.641. The van der Waals surface area contributed by atoms with Gasteiger partial charge in [0.1, 0.15) is 0 Å². The number of nitrogen functional groups attached to an aromatic ring is 1. The molecule has 3 N–H and O–H groups in total. The van der Waals surface area contributed by atoms with Gasteiger partial charge in [-0.15, -0.1) is 11.8 Å². The summed E-state index contributed by atoms with van der Waals surface area (Å²) in [5.41, 5.74) is 4.83. The number of thioether (sulfide) groups is 1. The van der Waals surface area contributed by atoms with Gasteiger partial charge in [-0.3, -0.25) is 0 Å². The highest BCUT2D eigenvalue weighted by molar-refractivity contribution is 7.99. The van der Waals surface area contributed by atoms with Crippen molar-refractivity contribution >= 4 is 17.4 Å². The van der Waals surface area contributed by atoms with E-state index in [0.29, 0.717) is 10.6 Å². The fourth-order valence-electron chi connectivity index (χ4n) is 1.07. The van der Waals surface area contributed by atoms with Crippen molar-refractivity contribution in [1.29, 1.82) is 0 Å². The molecule has 2 nitrogen and oxygen atoms in total. The molecule has 0 aliphatic heterocycles. The van der Waals surface area contributed by atoms with Gasteiger partial charge in [0.05, 0.1) is 11.7 Å². The normalized spacial score (nSPS) is 13.8. The lowest BCUT2D eigenvalue weighted by Crippen LogP contribution is -2.07. The van der Waals surface area contributed by atoms with Gasteiger partial charge >= 0.3 is 6.18 Å². The lowest BCUT2D eigenvalue weighted by molar-refractivity contribution is -0.137. The number of benzene rings is 1. The van der Waals surface area contributed by atoms with Crippen LogP contribution in [0.2, 0.25) is 0 Å². The van der Waals surface area contributed by atoms with Crippen molar-refractivity contribution in [3.05, 3.63) is 23.8 Å². The van der Waals surface area contributed by atoms with Gasteiger partial charge in [0.25, 0.3) is 0 Å².